The minimum absolute atomic E-state index is 0.0786. The van der Waals surface area contributed by atoms with Crippen LogP contribution < -0.4 is 4.72 Å². The van der Waals surface area contributed by atoms with Crippen LogP contribution in [0, 0.1) is 0 Å². The summed E-state index contributed by atoms with van der Waals surface area (Å²) in [5.41, 5.74) is -0.961. The van der Waals surface area contributed by atoms with Crippen LogP contribution in [0.15, 0.2) is 24.3 Å². The summed E-state index contributed by atoms with van der Waals surface area (Å²) in [4.78, 5) is 0. The van der Waals surface area contributed by atoms with Crippen molar-refractivity contribution in [3.63, 3.8) is 0 Å². The van der Waals surface area contributed by atoms with Gasteiger partial charge in [0.05, 0.1) is 10.8 Å². The molecule has 1 aromatic carbocycles. The molecule has 1 unspecified atom stereocenters. The van der Waals surface area contributed by atoms with Gasteiger partial charge in [-0.1, -0.05) is 13.0 Å². The Morgan fingerprint density at radius 2 is 1.94 bits per heavy atom. The van der Waals surface area contributed by atoms with Gasteiger partial charge in [0, 0.05) is 5.69 Å². The van der Waals surface area contributed by atoms with Gasteiger partial charge in [-0.25, -0.2) is 8.42 Å². The second-order valence-corrected chi connectivity index (χ2v) is 6.04. The highest BCUT2D eigenvalue weighted by atomic mass is 32.2. The van der Waals surface area contributed by atoms with E-state index in [4.69, 9.17) is 0 Å². The minimum Gasteiger partial charge on any atom is -0.283 e. The van der Waals surface area contributed by atoms with Crippen molar-refractivity contribution in [2.45, 2.75) is 31.7 Å². The van der Waals surface area contributed by atoms with Crippen molar-refractivity contribution in [1.82, 2.24) is 0 Å². The molecule has 0 saturated carbocycles. The molecule has 0 heterocycles. The predicted molar refractivity (Wildman–Crippen MR) is 63.7 cm³/mol. The molecule has 1 atom stereocenters. The molecule has 7 heteroatoms. The Morgan fingerprint density at radius 3 is 2.44 bits per heavy atom. The fourth-order valence-electron chi connectivity index (χ4n) is 1.24. The predicted octanol–water partition coefficient (Wildman–Crippen LogP) is 3.25. The first-order chi connectivity index (χ1) is 8.16. The maximum Gasteiger partial charge on any atom is 0.416 e. The van der Waals surface area contributed by atoms with Crippen LogP contribution in [0.2, 0.25) is 0 Å². The third-order valence-electron chi connectivity index (χ3n) is 2.55. The van der Waals surface area contributed by atoms with E-state index < -0.39 is 27.0 Å². The summed E-state index contributed by atoms with van der Waals surface area (Å²) in [6, 6.07) is 4.12. The quantitative estimate of drug-likeness (QED) is 0.920. The minimum atomic E-state index is -4.49. The molecule has 1 rings (SSSR count). The zero-order valence-electron chi connectivity index (χ0n) is 9.95. The molecule has 0 spiro atoms. The van der Waals surface area contributed by atoms with E-state index >= 15 is 0 Å². The van der Waals surface area contributed by atoms with E-state index in [1.54, 1.807) is 6.92 Å². The highest BCUT2D eigenvalue weighted by molar-refractivity contribution is 7.93. The first kappa shape index (κ1) is 14.8. The summed E-state index contributed by atoms with van der Waals surface area (Å²) in [5, 5.41) is -0.660. The Kier molecular flexibility index (Phi) is 4.26. The molecule has 0 fully saturated rings. The van der Waals surface area contributed by atoms with E-state index in [0.29, 0.717) is 6.42 Å². The lowest BCUT2D eigenvalue weighted by Gasteiger charge is -2.14. The lowest BCUT2D eigenvalue weighted by Crippen LogP contribution is -2.24. The van der Waals surface area contributed by atoms with Crippen LogP contribution >= 0.6 is 0 Å². The summed E-state index contributed by atoms with van der Waals surface area (Å²) in [6.07, 6.45) is -4.11. The van der Waals surface area contributed by atoms with E-state index in [2.05, 4.69) is 4.72 Å². The van der Waals surface area contributed by atoms with Crippen molar-refractivity contribution < 1.29 is 21.6 Å². The van der Waals surface area contributed by atoms with Crippen molar-refractivity contribution in [3.8, 4) is 0 Å². The number of rotatable bonds is 4. The zero-order chi connectivity index (χ0) is 14.0. The zero-order valence-corrected chi connectivity index (χ0v) is 10.8. The largest absolute Gasteiger partial charge is 0.416 e. The van der Waals surface area contributed by atoms with Gasteiger partial charge in [-0.2, -0.15) is 13.2 Å². The van der Waals surface area contributed by atoms with Gasteiger partial charge in [0.1, 0.15) is 0 Å². The van der Waals surface area contributed by atoms with Crippen molar-refractivity contribution in [3.05, 3.63) is 29.8 Å². The fraction of sp³-hybridized carbons (Fsp3) is 0.455. The summed E-state index contributed by atoms with van der Waals surface area (Å²) < 4.78 is 62.9. The number of anilines is 1. The molecule has 0 bridgehead atoms. The molecule has 1 aromatic rings. The third-order valence-corrected chi connectivity index (χ3v) is 4.47. The van der Waals surface area contributed by atoms with E-state index in [1.807, 2.05) is 0 Å². The molecule has 0 amide bonds. The summed E-state index contributed by atoms with van der Waals surface area (Å²) in [5.74, 6) is 0. The Balaban J connectivity index is 3.00. The molecule has 0 aliphatic heterocycles. The third kappa shape index (κ3) is 3.63. The molecule has 0 aliphatic carbocycles. The second kappa shape index (κ2) is 5.17. The molecular weight excluding hydrogens is 267 g/mol. The lowest BCUT2D eigenvalue weighted by molar-refractivity contribution is -0.137. The van der Waals surface area contributed by atoms with Crippen LogP contribution in [-0.2, 0) is 16.2 Å². The van der Waals surface area contributed by atoms with Crippen molar-refractivity contribution in [2.75, 3.05) is 4.72 Å². The molecule has 102 valence electrons. The SMILES string of the molecule is CCC(C)S(=O)(=O)Nc1cccc(C(F)(F)F)c1. The topological polar surface area (TPSA) is 46.2 Å². The first-order valence-electron chi connectivity index (χ1n) is 5.35. The van der Waals surface area contributed by atoms with Gasteiger partial charge < -0.3 is 0 Å². The standard InChI is InChI=1S/C11H14F3NO2S/c1-3-8(2)18(16,17)15-10-6-4-5-9(7-10)11(12,13)14/h4-8,15H,3H2,1-2H3. The van der Waals surface area contributed by atoms with Crippen LogP contribution in [0.25, 0.3) is 0 Å². The molecule has 0 saturated heterocycles. The highest BCUT2D eigenvalue weighted by Gasteiger charge is 2.30. The Morgan fingerprint density at radius 1 is 1.33 bits per heavy atom. The molecule has 3 nitrogen and oxygen atoms in total. The van der Waals surface area contributed by atoms with Crippen LogP contribution in [0.1, 0.15) is 25.8 Å². The number of hydrogen-bond acceptors (Lipinski definition) is 2. The van der Waals surface area contributed by atoms with E-state index in [1.165, 1.54) is 13.0 Å². The van der Waals surface area contributed by atoms with Crippen LogP contribution in [0.4, 0.5) is 18.9 Å². The first-order valence-corrected chi connectivity index (χ1v) is 6.90. The average Bonchev–Trinajstić information content (AvgIpc) is 2.26. The van der Waals surface area contributed by atoms with Crippen LogP contribution in [0.5, 0.6) is 0 Å². The lowest BCUT2D eigenvalue weighted by atomic mass is 10.2. The summed E-state index contributed by atoms with van der Waals surface area (Å²) >= 11 is 0. The van der Waals surface area contributed by atoms with Crippen LogP contribution in [-0.4, -0.2) is 13.7 Å². The van der Waals surface area contributed by atoms with Gasteiger partial charge in [-0.15, -0.1) is 0 Å². The maximum atomic E-state index is 12.4. The van der Waals surface area contributed by atoms with E-state index in [0.717, 1.165) is 18.2 Å². The molecule has 0 aromatic heterocycles. The Hall–Kier alpha value is -1.24. The van der Waals surface area contributed by atoms with E-state index in [-0.39, 0.29) is 5.69 Å². The van der Waals surface area contributed by atoms with Gasteiger partial charge in [0.2, 0.25) is 10.0 Å². The second-order valence-electron chi connectivity index (χ2n) is 3.94. The highest BCUT2D eigenvalue weighted by Crippen LogP contribution is 2.31. The number of nitrogens with one attached hydrogen (secondary N) is 1. The van der Waals surface area contributed by atoms with Gasteiger partial charge in [0.25, 0.3) is 0 Å². The molecule has 18 heavy (non-hydrogen) atoms. The van der Waals surface area contributed by atoms with Gasteiger partial charge in [-0.3, -0.25) is 4.72 Å². The Labute approximate surface area is 104 Å². The van der Waals surface area contributed by atoms with Gasteiger partial charge >= 0.3 is 6.18 Å². The molecule has 1 N–H and O–H groups in total. The number of hydrogen-bond donors (Lipinski definition) is 1. The summed E-state index contributed by atoms with van der Waals surface area (Å²) in [6.45, 7) is 3.19. The van der Waals surface area contributed by atoms with Gasteiger partial charge in [0.15, 0.2) is 0 Å². The smallest absolute Gasteiger partial charge is 0.283 e. The Bertz CT molecular complexity index is 511. The molecule has 0 radical (unpaired) electrons. The fourth-order valence-corrected chi connectivity index (χ4v) is 2.34. The summed E-state index contributed by atoms with van der Waals surface area (Å²) in [7, 11) is -3.64. The van der Waals surface area contributed by atoms with Crippen molar-refractivity contribution in [2.24, 2.45) is 0 Å². The van der Waals surface area contributed by atoms with Crippen molar-refractivity contribution in [1.29, 1.82) is 0 Å². The number of alkyl halides is 3. The number of halogens is 3. The average molecular weight is 281 g/mol. The maximum absolute atomic E-state index is 12.4. The monoisotopic (exact) mass is 281 g/mol. The number of sulfonamides is 1. The normalized spacial score (nSPS) is 14.3. The van der Waals surface area contributed by atoms with E-state index in [9.17, 15) is 21.6 Å². The van der Waals surface area contributed by atoms with Crippen LogP contribution in [0.3, 0.4) is 0 Å². The number of benzene rings is 1. The van der Waals surface area contributed by atoms with Gasteiger partial charge in [-0.05, 0) is 31.5 Å². The molecular formula is C11H14F3NO2S. The van der Waals surface area contributed by atoms with Crippen molar-refractivity contribution >= 4 is 15.7 Å². The molecule has 0 aliphatic rings.